The van der Waals surface area contributed by atoms with Crippen molar-refractivity contribution in [2.75, 3.05) is 33.0 Å². The highest BCUT2D eigenvalue weighted by molar-refractivity contribution is 5.85. The van der Waals surface area contributed by atoms with E-state index in [4.69, 9.17) is 15.0 Å². The molecule has 224 valence electrons. The third-order valence-electron chi connectivity index (χ3n) is 6.97. The molecule has 0 bridgehead atoms. The molecule has 0 aliphatic heterocycles. The number of rotatable bonds is 26. The summed E-state index contributed by atoms with van der Waals surface area (Å²) in [5.41, 5.74) is 10.9. The Labute approximate surface area is 249 Å². The summed E-state index contributed by atoms with van der Waals surface area (Å²) in [6.45, 7) is 5.11. The van der Waals surface area contributed by atoms with Gasteiger partial charge in [-0.05, 0) is 68.2 Å². The number of ether oxygens (including phenoxy) is 2. The number of halogens is 1. The van der Waals surface area contributed by atoms with Crippen LogP contribution >= 0.6 is 12.4 Å². The van der Waals surface area contributed by atoms with Gasteiger partial charge in [0.2, 0.25) is 0 Å². The molecule has 0 aliphatic rings. The molecule has 2 rings (SSSR count). The summed E-state index contributed by atoms with van der Waals surface area (Å²) in [5, 5.41) is 3.58. The van der Waals surface area contributed by atoms with Gasteiger partial charge in [-0.1, -0.05) is 62.5 Å². The molecular weight excluding hydrogens is 522 g/mol. The van der Waals surface area contributed by atoms with Gasteiger partial charge in [0.1, 0.15) is 6.54 Å². The molecule has 0 N–H and O–H groups in total. The van der Waals surface area contributed by atoms with E-state index in [0.717, 1.165) is 77.9 Å². The maximum atomic E-state index is 8.25. The van der Waals surface area contributed by atoms with Crippen LogP contribution in [-0.2, 0) is 28.9 Å². The molecular formula is C32H53ClN5O2+. The van der Waals surface area contributed by atoms with Crippen LogP contribution in [0, 0.1) is 0 Å². The van der Waals surface area contributed by atoms with Crippen LogP contribution in [0.2, 0.25) is 0 Å². The summed E-state index contributed by atoms with van der Waals surface area (Å²) in [6, 6.07) is 8.51. The Kier molecular flexibility index (Phi) is 24.2. The number of aromatic nitrogens is 2. The molecule has 0 saturated heterocycles. The second-order valence-corrected chi connectivity index (χ2v) is 10.4. The third-order valence-corrected chi connectivity index (χ3v) is 6.97. The number of hydrogen-bond acceptors (Lipinski definition) is 4. The lowest BCUT2D eigenvalue weighted by molar-refractivity contribution is -0.697. The van der Waals surface area contributed by atoms with Crippen LogP contribution in [0.3, 0.4) is 0 Å². The van der Waals surface area contributed by atoms with Crippen molar-refractivity contribution in [3.05, 3.63) is 70.6 Å². The van der Waals surface area contributed by atoms with E-state index in [-0.39, 0.29) is 12.4 Å². The van der Waals surface area contributed by atoms with E-state index in [9.17, 15) is 0 Å². The average molecular weight is 575 g/mol. The summed E-state index contributed by atoms with van der Waals surface area (Å²) in [5.74, 6) is 0. The summed E-state index contributed by atoms with van der Waals surface area (Å²) >= 11 is 0. The Balaban J connectivity index is 0.00000800. The zero-order valence-corrected chi connectivity index (χ0v) is 25.5. The molecule has 0 unspecified atom stereocenters. The highest BCUT2D eigenvalue weighted by Crippen LogP contribution is 2.11. The lowest BCUT2D eigenvalue weighted by Gasteiger charge is -2.06. The van der Waals surface area contributed by atoms with Gasteiger partial charge in [-0.3, -0.25) is 4.98 Å². The highest BCUT2D eigenvalue weighted by atomic mass is 35.5. The van der Waals surface area contributed by atoms with Crippen molar-refractivity contribution in [2.24, 2.45) is 5.11 Å². The minimum Gasteiger partial charge on any atom is -0.381 e. The van der Waals surface area contributed by atoms with Crippen LogP contribution in [-0.4, -0.2) is 38.0 Å². The number of unbranched alkanes of at least 4 members (excludes halogenated alkanes) is 10. The number of hydrogen-bond donors (Lipinski definition) is 0. The van der Waals surface area contributed by atoms with Crippen LogP contribution in [0.15, 0.2) is 54.2 Å². The van der Waals surface area contributed by atoms with E-state index in [1.54, 1.807) is 0 Å². The Morgan fingerprint density at radius 3 is 1.93 bits per heavy atom. The molecule has 0 radical (unpaired) electrons. The molecule has 2 aromatic heterocycles. The largest absolute Gasteiger partial charge is 0.381 e. The molecule has 0 fully saturated rings. The van der Waals surface area contributed by atoms with E-state index < -0.39 is 0 Å². The van der Waals surface area contributed by atoms with Gasteiger partial charge >= 0.3 is 0 Å². The van der Waals surface area contributed by atoms with E-state index >= 15 is 0 Å². The fourth-order valence-corrected chi connectivity index (χ4v) is 4.71. The van der Waals surface area contributed by atoms with E-state index in [0.29, 0.717) is 6.54 Å². The minimum absolute atomic E-state index is 0. The minimum atomic E-state index is 0. The zero-order chi connectivity index (χ0) is 27.5. The lowest BCUT2D eigenvalue weighted by atomic mass is 10.1. The monoisotopic (exact) mass is 574 g/mol. The Morgan fingerprint density at radius 2 is 1.27 bits per heavy atom. The van der Waals surface area contributed by atoms with E-state index in [1.165, 1.54) is 68.9 Å². The molecule has 8 heteroatoms. The van der Waals surface area contributed by atoms with Gasteiger partial charge in [-0.15, -0.1) is 12.4 Å². The topological polar surface area (TPSA) is 84.0 Å². The lowest BCUT2D eigenvalue weighted by Crippen LogP contribution is -2.33. The van der Waals surface area contributed by atoms with Gasteiger partial charge in [0.25, 0.3) is 0 Å². The summed E-state index contributed by atoms with van der Waals surface area (Å²) in [6.07, 6.45) is 27.3. The van der Waals surface area contributed by atoms with Crippen molar-refractivity contribution in [1.82, 2.24) is 4.98 Å². The highest BCUT2D eigenvalue weighted by Gasteiger charge is 2.04. The SMILES string of the molecule is Cl.[N-]=[N+]=NCCCCCCCCCCCCOCCCc1ccc[n+](CCCCOCCCc2cccnc2)c1. The van der Waals surface area contributed by atoms with Crippen molar-refractivity contribution in [3.8, 4) is 0 Å². The van der Waals surface area contributed by atoms with E-state index in [1.807, 2.05) is 18.5 Å². The molecule has 2 heterocycles. The first kappa shape index (κ1) is 35.8. The smallest absolute Gasteiger partial charge is 0.171 e. The standard InChI is InChI=1S/C32H52N5O2.ClH/c33-36-35-22-9-7-5-3-1-2-4-6-8-11-25-38-28-16-20-32-18-14-24-37(30-32)23-10-12-26-39-27-15-19-31-17-13-21-34-29-31;/h13-14,17-18,21,24,29-30H,1-12,15-16,19-20,22-23,25-28H2;1H/q+1;. The molecule has 0 saturated carbocycles. The molecule has 0 aromatic carbocycles. The van der Waals surface area contributed by atoms with Crippen LogP contribution in [0.4, 0.5) is 0 Å². The fraction of sp³-hybridized carbons (Fsp3) is 0.688. The molecule has 0 aliphatic carbocycles. The first-order valence-electron chi connectivity index (χ1n) is 15.4. The zero-order valence-electron chi connectivity index (χ0n) is 24.6. The van der Waals surface area contributed by atoms with Crippen molar-refractivity contribution < 1.29 is 14.0 Å². The molecule has 40 heavy (non-hydrogen) atoms. The van der Waals surface area contributed by atoms with Gasteiger partial charge in [-0.25, -0.2) is 4.57 Å². The second kappa shape index (κ2) is 27.0. The second-order valence-electron chi connectivity index (χ2n) is 10.4. The van der Waals surface area contributed by atoms with Crippen LogP contribution in [0.1, 0.15) is 101 Å². The first-order chi connectivity index (χ1) is 19.4. The Morgan fingerprint density at radius 1 is 0.700 bits per heavy atom. The Hall–Kier alpha value is -2.18. The Bertz CT molecular complexity index is 881. The quantitative estimate of drug-likeness (QED) is 0.0372. The number of nitrogens with zero attached hydrogens (tertiary/aromatic N) is 5. The molecule has 0 amide bonds. The summed E-state index contributed by atoms with van der Waals surface area (Å²) in [7, 11) is 0. The van der Waals surface area contributed by atoms with Gasteiger partial charge in [0, 0.05) is 68.3 Å². The molecule has 2 aromatic rings. The van der Waals surface area contributed by atoms with Gasteiger partial charge in [0.15, 0.2) is 12.4 Å². The number of azide groups is 1. The van der Waals surface area contributed by atoms with Gasteiger partial charge < -0.3 is 9.47 Å². The van der Waals surface area contributed by atoms with Crippen molar-refractivity contribution in [1.29, 1.82) is 0 Å². The first-order valence-corrected chi connectivity index (χ1v) is 15.4. The fourth-order valence-electron chi connectivity index (χ4n) is 4.71. The van der Waals surface area contributed by atoms with Crippen LogP contribution in [0.25, 0.3) is 10.4 Å². The van der Waals surface area contributed by atoms with Crippen LogP contribution in [0.5, 0.6) is 0 Å². The molecule has 0 spiro atoms. The number of pyridine rings is 2. The van der Waals surface area contributed by atoms with Crippen molar-refractivity contribution >= 4 is 12.4 Å². The maximum Gasteiger partial charge on any atom is 0.171 e. The molecule has 7 nitrogen and oxygen atoms in total. The van der Waals surface area contributed by atoms with E-state index in [2.05, 4.69) is 50.2 Å². The summed E-state index contributed by atoms with van der Waals surface area (Å²) < 4.78 is 14.0. The van der Waals surface area contributed by atoms with Gasteiger partial charge in [0.05, 0.1) is 0 Å². The average Bonchev–Trinajstić information content (AvgIpc) is 2.97. The number of aryl methyl sites for hydroxylation is 3. The molecule has 0 atom stereocenters. The normalized spacial score (nSPS) is 10.7. The predicted molar refractivity (Wildman–Crippen MR) is 166 cm³/mol. The van der Waals surface area contributed by atoms with Crippen molar-refractivity contribution in [2.45, 2.75) is 109 Å². The third kappa shape index (κ3) is 20.7. The summed E-state index contributed by atoms with van der Waals surface area (Å²) in [4.78, 5) is 6.95. The van der Waals surface area contributed by atoms with Gasteiger partial charge in [-0.2, -0.15) is 0 Å². The predicted octanol–water partition coefficient (Wildman–Crippen LogP) is 8.38. The van der Waals surface area contributed by atoms with Crippen LogP contribution < -0.4 is 4.57 Å². The maximum absolute atomic E-state index is 8.25. The van der Waals surface area contributed by atoms with Crippen molar-refractivity contribution in [3.63, 3.8) is 0 Å².